The van der Waals surface area contributed by atoms with Gasteiger partial charge < -0.3 is 14.6 Å². The smallest absolute Gasteiger partial charge is 0.328 e. The van der Waals surface area contributed by atoms with E-state index in [4.69, 9.17) is 4.74 Å². The Bertz CT molecular complexity index is 764. The van der Waals surface area contributed by atoms with E-state index in [-0.39, 0.29) is 17.8 Å². The third kappa shape index (κ3) is 4.87. The van der Waals surface area contributed by atoms with Crippen molar-refractivity contribution in [1.82, 2.24) is 9.88 Å². The van der Waals surface area contributed by atoms with E-state index in [9.17, 15) is 9.59 Å². The number of carbonyl (C=O) groups excluding carboxylic acids is 2. The van der Waals surface area contributed by atoms with Crippen molar-refractivity contribution in [1.29, 1.82) is 0 Å². The van der Waals surface area contributed by atoms with Gasteiger partial charge in [-0.1, -0.05) is 39.0 Å². The number of hydrogen-bond donors (Lipinski definition) is 1. The van der Waals surface area contributed by atoms with Crippen LogP contribution in [0.4, 0.5) is 0 Å². The van der Waals surface area contributed by atoms with Gasteiger partial charge in [0.25, 0.3) is 0 Å². The highest BCUT2D eigenvalue weighted by Crippen LogP contribution is 2.22. The van der Waals surface area contributed by atoms with Crippen molar-refractivity contribution in [3.63, 3.8) is 0 Å². The second kappa shape index (κ2) is 8.88. The normalized spacial score (nSPS) is 13.6. The molecule has 0 saturated carbocycles. The van der Waals surface area contributed by atoms with Gasteiger partial charge in [0.2, 0.25) is 5.91 Å². The average Bonchev–Trinajstić information content (AvgIpc) is 2.90. The zero-order valence-electron chi connectivity index (χ0n) is 16.4. The topological polar surface area (TPSA) is 60.3 Å². The van der Waals surface area contributed by atoms with Gasteiger partial charge in [0, 0.05) is 36.5 Å². The maximum absolute atomic E-state index is 12.5. The molecule has 5 heteroatoms. The Kier molecular flexibility index (Phi) is 6.83. The third-order valence-corrected chi connectivity index (χ3v) is 4.56. The summed E-state index contributed by atoms with van der Waals surface area (Å²) in [5.41, 5.74) is 2.13. The lowest BCUT2D eigenvalue weighted by molar-refractivity contribution is -0.147. The van der Waals surface area contributed by atoms with Crippen LogP contribution in [-0.4, -0.2) is 29.1 Å². The summed E-state index contributed by atoms with van der Waals surface area (Å²) in [5.74, 6) is -0.197. The van der Waals surface area contributed by atoms with Crippen LogP contribution in [0.25, 0.3) is 10.9 Å². The summed E-state index contributed by atoms with van der Waals surface area (Å²) in [7, 11) is 1.98. The number of para-hydroxylation sites is 1. The van der Waals surface area contributed by atoms with Gasteiger partial charge >= 0.3 is 5.97 Å². The van der Waals surface area contributed by atoms with Gasteiger partial charge in [-0.25, -0.2) is 4.79 Å². The quantitative estimate of drug-likeness (QED) is 0.735. The molecule has 0 radical (unpaired) electrons. The van der Waals surface area contributed by atoms with Crippen LogP contribution in [0, 0.1) is 11.8 Å². The third-order valence-electron chi connectivity index (χ3n) is 4.56. The number of nitrogens with one attached hydrogen (secondary N) is 1. The molecule has 0 unspecified atom stereocenters. The lowest BCUT2D eigenvalue weighted by atomic mass is 9.97. The molecule has 0 aliphatic rings. The van der Waals surface area contributed by atoms with Gasteiger partial charge in [-0.05, 0) is 30.9 Å². The van der Waals surface area contributed by atoms with Crippen LogP contribution in [0.5, 0.6) is 0 Å². The van der Waals surface area contributed by atoms with E-state index in [1.807, 2.05) is 49.0 Å². The fourth-order valence-corrected chi connectivity index (χ4v) is 3.37. The number of esters is 1. The molecule has 2 atom stereocenters. The number of fused-ring (bicyclic) bond motifs is 1. The van der Waals surface area contributed by atoms with E-state index >= 15 is 0 Å². The Hall–Kier alpha value is -2.30. The Balaban J connectivity index is 2.21. The molecule has 0 spiro atoms. The summed E-state index contributed by atoms with van der Waals surface area (Å²) < 4.78 is 7.23. The summed E-state index contributed by atoms with van der Waals surface area (Å²) in [4.78, 5) is 25.0. The summed E-state index contributed by atoms with van der Waals surface area (Å²) in [6, 6.07) is 7.37. The molecule has 1 N–H and O–H groups in total. The molecule has 5 nitrogen and oxygen atoms in total. The highest BCUT2D eigenvalue weighted by molar-refractivity contribution is 5.88. The largest absolute Gasteiger partial charge is 0.464 e. The van der Waals surface area contributed by atoms with Crippen LogP contribution < -0.4 is 5.32 Å². The molecule has 1 aromatic heterocycles. The molecule has 0 aliphatic carbocycles. The maximum Gasteiger partial charge on any atom is 0.328 e. The first-order chi connectivity index (χ1) is 12.3. The SMILES string of the molecule is CCOC(=O)[C@@H](Cc1cn(C)c2ccccc12)NC(=O)[C@@H](C)CC(C)C. The molecule has 2 rings (SSSR count). The predicted octanol–water partition coefficient (Wildman–Crippen LogP) is 3.45. The van der Waals surface area contributed by atoms with Crippen LogP contribution in [0.15, 0.2) is 30.5 Å². The molecule has 2 aromatic rings. The first-order valence-corrected chi connectivity index (χ1v) is 9.33. The predicted molar refractivity (Wildman–Crippen MR) is 104 cm³/mol. The van der Waals surface area contributed by atoms with E-state index in [1.54, 1.807) is 6.92 Å². The highest BCUT2D eigenvalue weighted by atomic mass is 16.5. The van der Waals surface area contributed by atoms with Gasteiger partial charge in [0.05, 0.1) is 6.61 Å². The first-order valence-electron chi connectivity index (χ1n) is 9.33. The molecule has 1 amide bonds. The molecule has 0 aliphatic heterocycles. The second-order valence-electron chi connectivity index (χ2n) is 7.33. The monoisotopic (exact) mass is 358 g/mol. The van der Waals surface area contributed by atoms with Crippen LogP contribution in [-0.2, 0) is 27.8 Å². The van der Waals surface area contributed by atoms with E-state index < -0.39 is 6.04 Å². The molecule has 0 fully saturated rings. The molecular weight excluding hydrogens is 328 g/mol. The fourth-order valence-electron chi connectivity index (χ4n) is 3.37. The maximum atomic E-state index is 12.5. The number of aryl methyl sites for hydroxylation is 1. The Morgan fingerprint density at radius 1 is 1.19 bits per heavy atom. The van der Waals surface area contributed by atoms with Crippen molar-refractivity contribution < 1.29 is 14.3 Å². The van der Waals surface area contributed by atoms with Crippen molar-refractivity contribution in [3.8, 4) is 0 Å². The van der Waals surface area contributed by atoms with Crippen LogP contribution in [0.2, 0.25) is 0 Å². The van der Waals surface area contributed by atoms with Crippen LogP contribution >= 0.6 is 0 Å². The zero-order valence-corrected chi connectivity index (χ0v) is 16.4. The Morgan fingerprint density at radius 2 is 1.88 bits per heavy atom. The van der Waals surface area contributed by atoms with Gasteiger partial charge in [0.1, 0.15) is 6.04 Å². The van der Waals surface area contributed by atoms with Crippen molar-refractivity contribution in [2.75, 3.05) is 6.61 Å². The minimum atomic E-state index is -0.678. The van der Waals surface area contributed by atoms with Gasteiger partial charge in [-0.3, -0.25) is 4.79 Å². The van der Waals surface area contributed by atoms with Gasteiger partial charge in [-0.15, -0.1) is 0 Å². The summed E-state index contributed by atoms with van der Waals surface area (Å²) >= 11 is 0. The summed E-state index contributed by atoms with van der Waals surface area (Å²) in [6.45, 7) is 8.14. The number of amides is 1. The molecule has 1 heterocycles. The van der Waals surface area contributed by atoms with Crippen molar-refractivity contribution in [3.05, 3.63) is 36.0 Å². The molecular formula is C21H30N2O3. The molecule has 0 bridgehead atoms. The zero-order chi connectivity index (χ0) is 19.3. The molecule has 0 saturated heterocycles. The highest BCUT2D eigenvalue weighted by Gasteiger charge is 2.26. The molecule has 26 heavy (non-hydrogen) atoms. The van der Waals surface area contributed by atoms with E-state index in [1.165, 1.54) is 0 Å². The van der Waals surface area contributed by atoms with E-state index in [0.717, 1.165) is 22.9 Å². The van der Waals surface area contributed by atoms with Crippen molar-refractivity contribution >= 4 is 22.8 Å². The van der Waals surface area contributed by atoms with E-state index in [0.29, 0.717) is 18.9 Å². The fraction of sp³-hybridized carbons (Fsp3) is 0.524. The molecule has 142 valence electrons. The Morgan fingerprint density at radius 3 is 2.54 bits per heavy atom. The number of nitrogens with zero attached hydrogens (tertiary/aromatic N) is 1. The summed E-state index contributed by atoms with van der Waals surface area (Å²) in [5, 5.41) is 4.00. The number of benzene rings is 1. The van der Waals surface area contributed by atoms with E-state index in [2.05, 4.69) is 19.2 Å². The lowest BCUT2D eigenvalue weighted by Gasteiger charge is -2.20. The van der Waals surface area contributed by atoms with Crippen molar-refractivity contribution in [2.24, 2.45) is 18.9 Å². The minimum Gasteiger partial charge on any atom is -0.464 e. The second-order valence-corrected chi connectivity index (χ2v) is 7.33. The number of carbonyl (C=O) groups is 2. The van der Waals surface area contributed by atoms with Gasteiger partial charge in [0.15, 0.2) is 0 Å². The number of ether oxygens (including phenoxy) is 1. The molecule has 1 aromatic carbocycles. The number of rotatable bonds is 8. The standard InChI is InChI=1S/C21H30N2O3/c1-6-26-21(25)18(22-20(24)15(4)11-14(2)3)12-16-13-23(5)19-10-8-7-9-17(16)19/h7-10,13-15,18H,6,11-12H2,1-5H3,(H,22,24)/t15-,18+/m0/s1. The minimum absolute atomic E-state index is 0.100. The lowest BCUT2D eigenvalue weighted by Crippen LogP contribution is -2.45. The Labute approximate surface area is 155 Å². The number of hydrogen-bond acceptors (Lipinski definition) is 3. The average molecular weight is 358 g/mol. The van der Waals surface area contributed by atoms with Gasteiger partial charge in [-0.2, -0.15) is 0 Å². The number of aromatic nitrogens is 1. The van der Waals surface area contributed by atoms with Crippen molar-refractivity contribution in [2.45, 2.75) is 46.6 Å². The van der Waals surface area contributed by atoms with Crippen LogP contribution in [0.1, 0.15) is 39.7 Å². The van der Waals surface area contributed by atoms with Crippen LogP contribution in [0.3, 0.4) is 0 Å². The first kappa shape index (κ1) is 20.0. The summed E-state index contributed by atoms with van der Waals surface area (Å²) in [6.07, 6.45) is 3.22.